The molecule has 1 aromatic heterocycles. The van der Waals surface area contributed by atoms with E-state index in [0.717, 1.165) is 50.4 Å². The summed E-state index contributed by atoms with van der Waals surface area (Å²) in [6, 6.07) is 11.1. The van der Waals surface area contributed by atoms with Crippen molar-refractivity contribution in [3.8, 4) is 0 Å². The molecule has 0 unspecified atom stereocenters. The molecule has 0 atom stereocenters. The van der Waals surface area contributed by atoms with E-state index in [0.29, 0.717) is 10.9 Å². The predicted molar refractivity (Wildman–Crippen MR) is 128 cm³/mol. The van der Waals surface area contributed by atoms with Crippen LogP contribution >= 0.6 is 24.8 Å². The number of piperazine rings is 1. The van der Waals surface area contributed by atoms with E-state index in [1.807, 2.05) is 13.0 Å². The van der Waals surface area contributed by atoms with E-state index in [1.165, 1.54) is 28.4 Å². The maximum absolute atomic E-state index is 13.5. The van der Waals surface area contributed by atoms with Crippen LogP contribution in [0.5, 0.6) is 0 Å². The summed E-state index contributed by atoms with van der Waals surface area (Å²) in [5.74, 6) is -0.381. The Balaban J connectivity index is 0.00000171. The smallest absolute Gasteiger partial charge is 0.268 e. The van der Waals surface area contributed by atoms with Crippen LogP contribution < -0.4 is 0 Å². The Bertz CT molecular complexity index is 1140. The highest BCUT2D eigenvalue weighted by Gasteiger charge is 2.21. The lowest BCUT2D eigenvalue weighted by atomic mass is 10.1. The third kappa shape index (κ3) is 5.23. The zero-order valence-electron chi connectivity index (χ0n) is 17.6. The molecule has 0 N–H and O–H groups in total. The fourth-order valence-corrected chi connectivity index (χ4v) is 5.30. The lowest BCUT2D eigenvalue weighted by Crippen LogP contribution is -2.45. The van der Waals surface area contributed by atoms with Gasteiger partial charge in [0, 0.05) is 44.3 Å². The maximum atomic E-state index is 13.5. The van der Waals surface area contributed by atoms with Gasteiger partial charge in [-0.2, -0.15) is 0 Å². The summed E-state index contributed by atoms with van der Waals surface area (Å²) in [5.41, 5.74) is 2.59. The van der Waals surface area contributed by atoms with Crippen molar-refractivity contribution in [2.45, 2.75) is 25.3 Å². The predicted octanol–water partition coefficient (Wildman–Crippen LogP) is 4.31. The van der Waals surface area contributed by atoms with Crippen molar-refractivity contribution in [2.75, 3.05) is 32.7 Å². The molecule has 5 nitrogen and oxygen atoms in total. The van der Waals surface area contributed by atoms with Gasteiger partial charge in [0.1, 0.15) is 5.82 Å². The fourth-order valence-electron chi connectivity index (χ4n) is 3.89. The number of likely N-dealkylation sites (N-methyl/N-ethyl adjacent to an activating group) is 1. The number of nitrogens with zero attached hydrogens (tertiary/aromatic N) is 3. The molecule has 3 aromatic rings. The number of hydrogen-bond donors (Lipinski definition) is 0. The number of aromatic nitrogens is 1. The van der Waals surface area contributed by atoms with Crippen molar-refractivity contribution in [2.24, 2.45) is 0 Å². The van der Waals surface area contributed by atoms with E-state index >= 15 is 0 Å². The van der Waals surface area contributed by atoms with Gasteiger partial charge in [-0.25, -0.2) is 16.8 Å². The van der Waals surface area contributed by atoms with Gasteiger partial charge < -0.3 is 4.90 Å². The van der Waals surface area contributed by atoms with Crippen LogP contribution in [0.2, 0.25) is 0 Å². The van der Waals surface area contributed by atoms with E-state index in [4.69, 9.17) is 0 Å². The van der Waals surface area contributed by atoms with Crippen LogP contribution in [0.15, 0.2) is 53.6 Å². The molecule has 4 rings (SSSR count). The van der Waals surface area contributed by atoms with Gasteiger partial charge in [0.05, 0.1) is 10.4 Å². The highest BCUT2D eigenvalue weighted by atomic mass is 35.5. The second-order valence-corrected chi connectivity index (χ2v) is 9.43. The van der Waals surface area contributed by atoms with Crippen LogP contribution in [-0.4, -0.2) is 54.9 Å². The van der Waals surface area contributed by atoms with Crippen molar-refractivity contribution in [1.82, 2.24) is 13.8 Å². The lowest BCUT2D eigenvalue weighted by Gasteiger charge is -2.34. The molecule has 0 saturated carbocycles. The summed E-state index contributed by atoms with van der Waals surface area (Å²) >= 11 is 0. The van der Waals surface area contributed by atoms with Gasteiger partial charge in [-0.15, -0.1) is 24.8 Å². The molecule has 2 heterocycles. The minimum atomic E-state index is -3.76. The second kappa shape index (κ2) is 10.3. The Kier molecular flexibility index (Phi) is 8.53. The molecular weight excluding hydrogens is 460 g/mol. The second-order valence-electron chi connectivity index (χ2n) is 7.62. The topological polar surface area (TPSA) is 45.6 Å². The SMILES string of the molecule is CCN1CCN(Cc2cc(S(=O)(=O)n3ccc4cc(F)ccc43)ccc2C)CC1.Cl.Cl. The van der Waals surface area contributed by atoms with Crippen LogP contribution in [0.3, 0.4) is 0 Å². The molecule has 1 saturated heterocycles. The molecule has 0 bridgehead atoms. The first-order chi connectivity index (χ1) is 13.9. The van der Waals surface area contributed by atoms with Crippen LogP contribution in [0, 0.1) is 12.7 Å². The molecule has 1 aliphatic heterocycles. The maximum Gasteiger partial charge on any atom is 0.268 e. The van der Waals surface area contributed by atoms with Crippen LogP contribution in [-0.2, 0) is 16.6 Å². The van der Waals surface area contributed by atoms with Crippen molar-refractivity contribution in [3.63, 3.8) is 0 Å². The Morgan fingerprint density at radius 2 is 1.61 bits per heavy atom. The Hall–Kier alpha value is -1.64. The first-order valence-electron chi connectivity index (χ1n) is 9.95. The molecule has 2 aromatic carbocycles. The first kappa shape index (κ1) is 25.6. The average Bonchev–Trinajstić information content (AvgIpc) is 3.14. The van der Waals surface area contributed by atoms with Gasteiger partial charge in [-0.1, -0.05) is 13.0 Å². The number of hydrogen-bond acceptors (Lipinski definition) is 4. The van der Waals surface area contributed by atoms with Crippen LogP contribution in [0.1, 0.15) is 18.1 Å². The summed E-state index contributed by atoms with van der Waals surface area (Å²) in [6.07, 6.45) is 1.49. The largest absolute Gasteiger partial charge is 0.301 e. The minimum Gasteiger partial charge on any atom is -0.301 e. The summed E-state index contributed by atoms with van der Waals surface area (Å²) in [6.45, 7) is 10.0. The number of halogens is 3. The monoisotopic (exact) mass is 487 g/mol. The number of benzene rings is 2. The van der Waals surface area contributed by atoms with Crippen molar-refractivity contribution in [3.05, 3.63) is 65.6 Å². The molecule has 0 radical (unpaired) electrons. The molecule has 1 aliphatic rings. The van der Waals surface area contributed by atoms with Gasteiger partial charge in [-0.3, -0.25) is 4.90 Å². The van der Waals surface area contributed by atoms with E-state index in [1.54, 1.807) is 18.2 Å². The van der Waals surface area contributed by atoms with E-state index in [9.17, 15) is 12.8 Å². The summed E-state index contributed by atoms with van der Waals surface area (Å²) in [7, 11) is -3.76. The Morgan fingerprint density at radius 1 is 0.935 bits per heavy atom. The highest BCUT2D eigenvalue weighted by molar-refractivity contribution is 7.90. The van der Waals surface area contributed by atoms with Crippen LogP contribution in [0.25, 0.3) is 10.9 Å². The third-order valence-corrected chi connectivity index (χ3v) is 7.49. The van der Waals surface area contributed by atoms with Gasteiger partial charge in [0.2, 0.25) is 0 Å². The van der Waals surface area contributed by atoms with Gasteiger partial charge >= 0.3 is 0 Å². The zero-order chi connectivity index (χ0) is 20.6. The number of aryl methyl sites for hydroxylation is 1. The molecule has 9 heteroatoms. The molecule has 31 heavy (non-hydrogen) atoms. The van der Waals surface area contributed by atoms with Crippen LogP contribution in [0.4, 0.5) is 4.39 Å². The van der Waals surface area contributed by atoms with Crippen molar-refractivity contribution in [1.29, 1.82) is 0 Å². The number of fused-ring (bicyclic) bond motifs is 1. The summed E-state index contributed by atoms with van der Waals surface area (Å²) in [4.78, 5) is 5.05. The lowest BCUT2D eigenvalue weighted by molar-refractivity contribution is 0.131. The summed E-state index contributed by atoms with van der Waals surface area (Å²) in [5, 5.41) is 0.565. The molecule has 170 valence electrons. The Morgan fingerprint density at radius 3 is 2.29 bits per heavy atom. The molecule has 0 spiro atoms. The molecule has 0 aliphatic carbocycles. The Labute approximate surface area is 195 Å². The first-order valence-corrected chi connectivity index (χ1v) is 11.4. The molecule has 0 amide bonds. The third-order valence-electron chi connectivity index (χ3n) is 5.80. The molecular formula is C22H28Cl2FN3O2S. The van der Waals surface area contributed by atoms with E-state index in [2.05, 4.69) is 16.7 Å². The quantitative estimate of drug-likeness (QED) is 0.537. The van der Waals surface area contributed by atoms with Crippen molar-refractivity contribution < 1.29 is 12.8 Å². The van der Waals surface area contributed by atoms with Gasteiger partial charge in [0.15, 0.2) is 0 Å². The fraction of sp³-hybridized carbons (Fsp3) is 0.364. The van der Waals surface area contributed by atoms with Gasteiger partial charge in [0.25, 0.3) is 10.0 Å². The van der Waals surface area contributed by atoms with Crippen molar-refractivity contribution >= 4 is 45.7 Å². The molecule has 1 fully saturated rings. The van der Waals surface area contributed by atoms with E-state index < -0.39 is 10.0 Å². The van der Waals surface area contributed by atoms with Gasteiger partial charge in [-0.05, 0) is 61.0 Å². The normalized spacial score (nSPS) is 15.5. The highest BCUT2D eigenvalue weighted by Crippen LogP contribution is 2.25. The standard InChI is InChI=1S/C22H26FN3O2S.2ClH/c1-3-24-10-12-25(13-11-24)16-19-15-21(6-4-17(19)2)29(27,28)26-9-8-18-14-20(23)5-7-22(18)26;;/h4-9,14-15H,3,10-13,16H2,1-2H3;2*1H. The zero-order valence-corrected chi connectivity index (χ0v) is 20.1. The number of rotatable bonds is 5. The minimum absolute atomic E-state index is 0. The van der Waals surface area contributed by atoms with E-state index in [-0.39, 0.29) is 35.5 Å². The average molecular weight is 488 g/mol. The summed E-state index contributed by atoms with van der Waals surface area (Å²) < 4.78 is 41.3.